The number of amides is 1. The number of para-hydroxylation sites is 1. The van der Waals surface area contributed by atoms with E-state index in [1.807, 2.05) is 20.2 Å². The number of nitrogens with one attached hydrogen (secondary N) is 1. The highest BCUT2D eigenvalue weighted by Gasteiger charge is 2.26. The molecule has 0 saturated carbocycles. The molecule has 0 aromatic heterocycles. The van der Waals surface area contributed by atoms with Gasteiger partial charge in [0.05, 0.1) is 11.6 Å². The smallest absolute Gasteiger partial charge is 0.254 e. The molecule has 0 radical (unpaired) electrons. The molecule has 0 spiro atoms. The number of nitrogens with zero attached hydrogens (tertiary/aromatic N) is 3. The summed E-state index contributed by atoms with van der Waals surface area (Å²) in [6.45, 7) is 4.00. The molecule has 1 fully saturated rings. The topological polar surface area (TPSA) is 38.8 Å². The van der Waals surface area contributed by atoms with E-state index in [0.29, 0.717) is 6.54 Å². The Kier molecular flexibility index (Phi) is 7.25. The van der Waals surface area contributed by atoms with Crippen molar-refractivity contribution in [3.05, 3.63) is 95.8 Å². The minimum absolute atomic E-state index is 0.00913. The van der Waals surface area contributed by atoms with Crippen LogP contribution in [0.5, 0.6) is 0 Å². The molecule has 0 aliphatic carbocycles. The van der Waals surface area contributed by atoms with Gasteiger partial charge in [0.25, 0.3) is 5.91 Å². The second-order valence-corrected chi connectivity index (χ2v) is 8.55. The van der Waals surface area contributed by atoms with Crippen molar-refractivity contribution < 1.29 is 9.18 Å². The number of hydrogen-bond acceptors (Lipinski definition) is 4. The highest BCUT2D eigenvalue weighted by molar-refractivity contribution is 5.94. The molecule has 1 unspecified atom stereocenters. The van der Waals surface area contributed by atoms with Crippen molar-refractivity contribution in [1.82, 2.24) is 10.2 Å². The molecule has 4 rings (SSSR count). The molecular formula is C27H31FN4O. The van der Waals surface area contributed by atoms with Gasteiger partial charge in [-0.2, -0.15) is 0 Å². The predicted octanol–water partition coefficient (Wildman–Crippen LogP) is 4.19. The van der Waals surface area contributed by atoms with Gasteiger partial charge < -0.3 is 15.1 Å². The van der Waals surface area contributed by atoms with Gasteiger partial charge in [-0.3, -0.25) is 9.69 Å². The number of anilines is 2. The number of piperazine rings is 1. The first-order valence-electron chi connectivity index (χ1n) is 11.4. The number of carbonyl (C=O) groups is 1. The van der Waals surface area contributed by atoms with Gasteiger partial charge in [0.1, 0.15) is 5.82 Å². The van der Waals surface area contributed by atoms with Crippen molar-refractivity contribution in [2.24, 2.45) is 0 Å². The highest BCUT2D eigenvalue weighted by atomic mass is 19.1. The summed E-state index contributed by atoms with van der Waals surface area (Å²) in [5, 5.41) is 2.97. The van der Waals surface area contributed by atoms with E-state index in [2.05, 4.69) is 68.5 Å². The lowest BCUT2D eigenvalue weighted by Gasteiger charge is -2.40. The maximum atomic E-state index is 14.1. The fourth-order valence-electron chi connectivity index (χ4n) is 4.31. The van der Waals surface area contributed by atoms with Gasteiger partial charge in [0, 0.05) is 58.2 Å². The van der Waals surface area contributed by atoms with E-state index in [0.717, 1.165) is 37.4 Å². The third-order valence-corrected chi connectivity index (χ3v) is 6.25. The zero-order valence-electron chi connectivity index (χ0n) is 19.2. The molecule has 1 aliphatic heterocycles. The molecule has 1 saturated heterocycles. The molecule has 6 heteroatoms. The molecule has 33 heavy (non-hydrogen) atoms. The number of rotatable bonds is 7. The van der Waals surface area contributed by atoms with E-state index in [1.54, 1.807) is 12.1 Å². The van der Waals surface area contributed by atoms with E-state index >= 15 is 0 Å². The van der Waals surface area contributed by atoms with Crippen LogP contribution in [0.1, 0.15) is 22.0 Å². The number of benzene rings is 3. The van der Waals surface area contributed by atoms with Crippen LogP contribution in [0.15, 0.2) is 78.9 Å². The monoisotopic (exact) mass is 446 g/mol. The average Bonchev–Trinajstić information content (AvgIpc) is 2.85. The Morgan fingerprint density at radius 3 is 2.18 bits per heavy atom. The average molecular weight is 447 g/mol. The molecule has 0 bridgehead atoms. The van der Waals surface area contributed by atoms with E-state index in [9.17, 15) is 9.18 Å². The first kappa shape index (κ1) is 22.8. The van der Waals surface area contributed by atoms with Gasteiger partial charge in [-0.1, -0.05) is 42.5 Å². The van der Waals surface area contributed by atoms with E-state index in [-0.39, 0.29) is 17.5 Å². The molecule has 5 nitrogen and oxygen atoms in total. The van der Waals surface area contributed by atoms with Gasteiger partial charge in [0.2, 0.25) is 0 Å². The van der Waals surface area contributed by atoms with Crippen LogP contribution in [0.3, 0.4) is 0 Å². The van der Waals surface area contributed by atoms with Crippen molar-refractivity contribution in [3.63, 3.8) is 0 Å². The van der Waals surface area contributed by atoms with Crippen LogP contribution in [0.2, 0.25) is 0 Å². The molecule has 1 heterocycles. The largest absolute Gasteiger partial charge is 0.378 e. The second kappa shape index (κ2) is 10.5. The summed E-state index contributed by atoms with van der Waals surface area (Å²) in [5.41, 5.74) is 3.58. The Hall–Kier alpha value is -3.38. The SMILES string of the molecule is CN(C)c1ccc(C(CNC(=O)c2ccccc2F)N2CCN(c3ccccc3)CC2)cc1. The van der Waals surface area contributed by atoms with Crippen LogP contribution in [-0.4, -0.2) is 57.6 Å². The van der Waals surface area contributed by atoms with Crippen LogP contribution < -0.4 is 15.1 Å². The Morgan fingerprint density at radius 2 is 1.55 bits per heavy atom. The summed E-state index contributed by atoms with van der Waals surface area (Å²) in [5.74, 6) is -0.885. The molecule has 1 amide bonds. The summed E-state index contributed by atoms with van der Waals surface area (Å²) >= 11 is 0. The summed E-state index contributed by atoms with van der Waals surface area (Å²) in [6, 6.07) is 25.0. The Bertz CT molecular complexity index is 1050. The van der Waals surface area contributed by atoms with Gasteiger partial charge in [0.15, 0.2) is 0 Å². The molecule has 3 aromatic carbocycles. The minimum atomic E-state index is -0.502. The lowest BCUT2D eigenvalue weighted by atomic mass is 10.0. The molecule has 1 aliphatic rings. The zero-order chi connectivity index (χ0) is 23.2. The van der Waals surface area contributed by atoms with E-state index in [4.69, 9.17) is 0 Å². The fourth-order valence-corrected chi connectivity index (χ4v) is 4.31. The molecule has 1 N–H and O–H groups in total. The van der Waals surface area contributed by atoms with Gasteiger partial charge >= 0.3 is 0 Å². The summed E-state index contributed by atoms with van der Waals surface area (Å²) in [6.07, 6.45) is 0. The van der Waals surface area contributed by atoms with Crippen LogP contribution in [0, 0.1) is 5.82 Å². The van der Waals surface area contributed by atoms with Crippen molar-refractivity contribution in [2.75, 3.05) is 56.6 Å². The normalized spacial score (nSPS) is 15.2. The third kappa shape index (κ3) is 5.52. The maximum absolute atomic E-state index is 14.1. The number of halogens is 1. The molecule has 3 aromatic rings. The zero-order valence-corrected chi connectivity index (χ0v) is 19.2. The summed E-state index contributed by atoms with van der Waals surface area (Å²) < 4.78 is 14.1. The van der Waals surface area contributed by atoms with Crippen LogP contribution in [0.25, 0.3) is 0 Å². The van der Waals surface area contributed by atoms with Crippen molar-refractivity contribution in [1.29, 1.82) is 0 Å². The lowest BCUT2D eigenvalue weighted by Crippen LogP contribution is -2.50. The molecule has 172 valence electrons. The van der Waals surface area contributed by atoms with Gasteiger partial charge in [-0.05, 0) is 42.0 Å². The first-order valence-corrected chi connectivity index (χ1v) is 11.4. The van der Waals surface area contributed by atoms with Gasteiger partial charge in [-0.15, -0.1) is 0 Å². The van der Waals surface area contributed by atoms with Crippen LogP contribution in [0.4, 0.5) is 15.8 Å². The molecular weight excluding hydrogens is 415 g/mol. The fraction of sp³-hybridized carbons (Fsp3) is 0.296. The second-order valence-electron chi connectivity index (χ2n) is 8.55. The van der Waals surface area contributed by atoms with E-state index in [1.165, 1.54) is 17.8 Å². The standard InChI is InChI=1S/C27H31FN4O/c1-30(2)22-14-12-21(13-15-22)26(20-29-27(33)24-10-6-7-11-25(24)28)32-18-16-31(17-19-32)23-8-4-3-5-9-23/h3-15,26H,16-20H2,1-2H3,(H,29,33). The van der Waals surface area contributed by atoms with Crippen LogP contribution in [-0.2, 0) is 0 Å². The highest BCUT2D eigenvalue weighted by Crippen LogP contribution is 2.26. The van der Waals surface area contributed by atoms with Crippen molar-refractivity contribution >= 4 is 17.3 Å². The summed E-state index contributed by atoms with van der Waals surface area (Å²) in [7, 11) is 4.04. The van der Waals surface area contributed by atoms with Crippen molar-refractivity contribution in [2.45, 2.75) is 6.04 Å². The molecule has 1 atom stereocenters. The predicted molar refractivity (Wildman–Crippen MR) is 132 cm³/mol. The Balaban J connectivity index is 1.49. The minimum Gasteiger partial charge on any atom is -0.378 e. The van der Waals surface area contributed by atoms with Crippen molar-refractivity contribution in [3.8, 4) is 0 Å². The number of carbonyl (C=O) groups excluding carboxylic acids is 1. The maximum Gasteiger partial charge on any atom is 0.254 e. The quantitative estimate of drug-likeness (QED) is 0.591. The van der Waals surface area contributed by atoms with Gasteiger partial charge in [-0.25, -0.2) is 4.39 Å². The number of hydrogen-bond donors (Lipinski definition) is 1. The summed E-state index contributed by atoms with van der Waals surface area (Å²) in [4.78, 5) is 19.5. The third-order valence-electron chi connectivity index (χ3n) is 6.25. The van der Waals surface area contributed by atoms with E-state index < -0.39 is 5.82 Å². The Morgan fingerprint density at radius 1 is 0.909 bits per heavy atom. The van der Waals surface area contributed by atoms with Crippen LogP contribution >= 0.6 is 0 Å². The Labute approximate surface area is 195 Å². The lowest BCUT2D eigenvalue weighted by molar-refractivity contribution is 0.0926. The first-order chi connectivity index (χ1) is 16.0.